The minimum Gasteiger partial charge on any atom is -0.494 e. The van der Waals surface area contributed by atoms with Crippen LogP contribution < -0.4 is 14.4 Å². The minimum absolute atomic E-state index is 0.241. The van der Waals surface area contributed by atoms with Gasteiger partial charge in [0.2, 0.25) is 0 Å². The van der Waals surface area contributed by atoms with Crippen LogP contribution in [0.3, 0.4) is 0 Å². The highest BCUT2D eigenvalue weighted by atomic mass is 32.2. The Morgan fingerprint density at radius 1 is 0.939 bits per heavy atom. The molecular weight excluding hydrogens is 439 g/mol. The predicted molar refractivity (Wildman–Crippen MR) is 131 cm³/mol. The molecule has 0 saturated heterocycles. The predicted octanol–water partition coefficient (Wildman–Crippen LogP) is 5.78. The molecule has 3 aromatic rings. The summed E-state index contributed by atoms with van der Waals surface area (Å²) in [6.07, 6.45) is 1.66. The van der Waals surface area contributed by atoms with Gasteiger partial charge in [-0.1, -0.05) is 42.1 Å². The van der Waals surface area contributed by atoms with Crippen LogP contribution in [0.25, 0.3) is 6.08 Å². The Balaban J connectivity index is 1.53. The molecule has 1 aliphatic rings. The van der Waals surface area contributed by atoms with Gasteiger partial charge in [0.1, 0.15) is 23.0 Å². The zero-order chi connectivity index (χ0) is 23.0. The fraction of sp³-hybridized carbons (Fsp3) is 0.154. The van der Waals surface area contributed by atoms with Gasteiger partial charge in [0.25, 0.3) is 5.91 Å². The molecule has 168 valence electrons. The summed E-state index contributed by atoms with van der Waals surface area (Å²) in [6, 6.07) is 22.8. The van der Waals surface area contributed by atoms with E-state index < -0.39 is 0 Å². The molecule has 0 aliphatic carbocycles. The maximum Gasteiger partial charge on any atom is 0.283 e. The summed E-state index contributed by atoms with van der Waals surface area (Å²) in [6.45, 7) is 2.95. The molecule has 0 saturated carbocycles. The van der Waals surface area contributed by atoms with Crippen LogP contribution in [0.1, 0.15) is 12.5 Å². The van der Waals surface area contributed by atoms with Crippen molar-refractivity contribution < 1.29 is 18.7 Å². The summed E-state index contributed by atoms with van der Waals surface area (Å²) >= 11 is 1.44. The monoisotopic (exact) mass is 462 g/mol. The first-order chi connectivity index (χ1) is 16.1. The van der Waals surface area contributed by atoms with Gasteiger partial charge in [-0.05, 0) is 67.1 Å². The fourth-order valence-electron chi connectivity index (χ4n) is 3.20. The summed E-state index contributed by atoms with van der Waals surface area (Å²) in [4.78, 5) is 19.4. The lowest BCUT2D eigenvalue weighted by atomic mass is 10.2. The number of carbonyl (C=O) groups excluding carboxylic acids is 1. The third-order valence-electron chi connectivity index (χ3n) is 4.74. The third kappa shape index (κ3) is 5.81. The van der Waals surface area contributed by atoms with Crippen LogP contribution in [0.5, 0.6) is 11.5 Å². The number of hydrogen-bond acceptors (Lipinski definition) is 5. The minimum atomic E-state index is -0.330. The van der Waals surface area contributed by atoms with Gasteiger partial charge in [-0.15, -0.1) is 0 Å². The highest BCUT2D eigenvalue weighted by Gasteiger charge is 2.32. The molecule has 5 nitrogen and oxygen atoms in total. The molecule has 0 unspecified atom stereocenters. The zero-order valence-corrected chi connectivity index (χ0v) is 18.9. The largest absolute Gasteiger partial charge is 0.494 e. The lowest BCUT2D eigenvalue weighted by Gasteiger charge is -2.18. The molecule has 7 heteroatoms. The Morgan fingerprint density at radius 2 is 1.64 bits per heavy atom. The number of amidine groups is 1. The van der Waals surface area contributed by atoms with Crippen LogP contribution in [-0.4, -0.2) is 30.0 Å². The first-order valence-electron chi connectivity index (χ1n) is 10.6. The van der Waals surface area contributed by atoms with Crippen molar-refractivity contribution in [3.63, 3.8) is 0 Å². The van der Waals surface area contributed by atoms with Crippen LogP contribution in [0, 0.1) is 5.82 Å². The summed E-state index contributed by atoms with van der Waals surface area (Å²) in [5.41, 5.74) is 1.69. The van der Waals surface area contributed by atoms with Crippen LogP contribution in [0.2, 0.25) is 0 Å². The molecule has 0 N–H and O–H groups in total. The quantitative estimate of drug-likeness (QED) is 0.315. The second kappa shape index (κ2) is 10.8. The Hall–Kier alpha value is -3.58. The van der Waals surface area contributed by atoms with Gasteiger partial charge in [-0.25, -0.2) is 9.38 Å². The number of ether oxygens (including phenoxy) is 2. The van der Waals surface area contributed by atoms with Gasteiger partial charge >= 0.3 is 0 Å². The van der Waals surface area contributed by atoms with E-state index in [0.29, 0.717) is 41.1 Å². The molecule has 1 heterocycles. The van der Waals surface area contributed by atoms with Gasteiger partial charge in [0, 0.05) is 5.75 Å². The van der Waals surface area contributed by atoms with Crippen LogP contribution in [0.4, 0.5) is 10.1 Å². The molecule has 1 amide bonds. The lowest BCUT2D eigenvalue weighted by molar-refractivity contribution is -0.113. The van der Waals surface area contributed by atoms with Crippen molar-refractivity contribution in [3.8, 4) is 11.5 Å². The standard InChI is InChI=1S/C26H23FN2O3S/c1-2-31-23-14-12-21(13-15-23)29-25(30)24(18-19-8-10-20(27)11-9-19)28-26(29)33-17-16-32-22-6-4-3-5-7-22/h3-15,18H,2,16-17H2,1H3/b24-18-. The summed E-state index contributed by atoms with van der Waals surface area (Å²) in [5, 5.41) is 0.564. The highest BCUT2D eigenvalue weighted by molar-refractivity contribution is 8.14. The zero-order valence-electron chi connectivity index (χ0n) is 18.1. The van der Waals surface area contributed by atoms with Crippen molar-refractivity contribution in [2.45, 2.75) is 6.92 Å². The number of hydrogen-bond donors (Lipinski definition) is 0. The van der Waals surface area contributed by atoms with E-state index in [2.05, 4.69) is 4.99 Å². The van der Waals surface area contributed by atoms with Gasteiger partial charge in [0.05, 0.1) is 18.9 Å². The number of aliphatic imine (C=N–C) groups is 1. The molecule has 0 atom stereocenters. The first kappa shape index (κ1) is 22.6. The molecule has 0 spiro atoms. The van der Waals surface area contributed by atoms with E-state index in [1.807, 2.05) is 61.5 Å². The summed E-state index contributed by atoms with van der Waals surface area (Å²) in [5.74, 6) is 1.57. The topological polar surface area (TPSA) is 51.1 Å². The number of amides is 1. The first-order valence-corrected chi connectivity index (χ1v) is 11.6. The molecule has 3 aromatic carbocycles. The summed E-state index contributed by atoms with van der Waals surface area (Å²) < 4.78 is 24.5. The van der Waals surface area contributed by atoms with Crippen molar-refractivity contribution in [2.24, 2.45) is 4.99 Å². The fourth-order valence-corrected chi connectivity index (χ4v) is 4.03. The highest BCUT2D eigenvalue weighted by Crippen LogP contribution is 2.30. The lowest BCUT2D eigenvalue weighted by Crippen LogP contribution is -2.30. The Morgan fingerprint density at radius 3 is 2.33 bits per heavy atom. The van der Waals surface area contributed by atoms with E-state index >= 15 is 0 Å². The average molecular weight is 463 g/mol. The van der Waals surface area contributed by atoms with E-state index in [1.165, 1.54) is 23.9 Å². The average Bonchev–Trinajstić information content (AvgIpc) is 3.14. The maximum absolute atomic E-state index is 13.3. The van der Waals surface area contributed by atoms with E-state index in [1.54, 1.807) is 23.1 Å². The second-order valence-electron chi connectivity index (χ2n) is 7.05. The molecule has 0 fully saturated rings. The number of thioether (sulfide) groups is 1. The van der Waals surface area contributed by atoms with Crippen molar-refractivity contribution in [3.05, 3.63) is 95.9 Å². The molecule has 1 aliphatic heterocycles. The number of benzene rings is 3. The Bertz CT molecular complexity index is 1150. The van der Waals surface area contributed by atoms with Gasteiger partial charge in [0.15, 0.2) is 5.17 Å². The van der Waals surface area contributed by atoms with Crippen molar-refractivity contribution in [2.75, 3.05) is 23.9 Å². The Kier molecular flexibility index (Phi) is 7.42. The van der Waals surface area contributed by atoms with Gasteiger partial charge < -0.3 is 9.47 Å². The normalized spacial score (nSPS) is 14.5. The third-order valence-corrected chi connectivity index (χ3v) is 5.64. The van der Waals surface area contributed by atoms with E-state index in [0.717, 1.165) is 11.5 Å². The van der Waals surface area contributed by atoms with Crippen molar-refractivity contribution >= 4 is 34.6 Å². The Labute approximate surface area is 196 Å². The van der Waals surface area contributed by atoms with Crippen molar-refractivity contribution in [1.29, 1.82) is 0 Å². The summed E-state index contributed by atoms with van der Waals surface area (Å²) in [7, 11) is 0. The second-order valence-corrected chi connectivity index (χ2v) is 8.12. The van der Waals surface area contributed by atoms with Gasteiger partial charge in [-0.3, -0.25) is 9.69 Å². The van der Waals surface area contributed by atoms with E-state index in [-0.39, 0.29) is 11.7 Å². The van der Waals surface area contributed by atoms with Crippen molar-refractivity contribution in [1.82, 2.24) is 0 Å². The van der Waals surface area contributed by atoms with Crippen LogP contribution in [-0.2, 0) is 4.79 Å². The molecule has 33 heavy (non-hydrogen) atoms. The molecule has 0 radical (unpaired) electrons. The van der Waals surface area contributed by atoms with Crippen LogP contribution >= 0.6 is 11.8 Å². The molecule has 0 bridgehead atoms. The van der Waals surface area contributed by atoms with Gasteiger partial charge in [-0.2, -0.15) is 0 Å². The number of para-hydroxylation sites is 1. The SMILES string of the molecule is CCOc1ccc(N2C(=O)/C(=C/c3ccc(F)cc3)N=C2SCCOc2ccccc2)cc1. The smallest absolute Gasteiger partial charge is 0.283 e. The molecule has 0 aromatic heterocycles. The number of carbonyl (C=O) groups is 1. The van der Waals surface area contributed by atoms with E-state index in [9.17, 15) is 9.18 Å². The molecular formula is C26H23FN2O3S. The van der Waals surface area contributed by atoms with E-state index in [4.69, 9.17) is 9.47 Å². The number of nitrogens with zero attached hydrogens (tertiary/aromatic N) is 2. The number of rotatable bonds is 8. The number of halogens is 1. The van der Waals surface area contributed by atoms with Crippen LogP contribution in [0.15, 0.2) is 89.6 Å². The maximum atomic E-state index is 13.3. The molecule has 4 rings (SSSR count). The number of anilines is 1.